The van der Waals surface area contributed by atoms with E-state index in [2.05, 4.69) is 15.1 Å². The molecule has 1 saturated heterocycles. The van der Waals surface area contributed by atoms with Gasteiger partial charge >= 0.3 is 6.18 Å². The van der Waals surface area contributed by atoms with Crippen molar-refractivity contribution in [3.63, 3.8) is 0 Å². The smallest absolute Gasteiger partial charge is 0.453 e. The SMILES string of the molecule is COc1ccc([C@H]2CCCN2C(=O)CCc2c(C)nc3nc(C(F)(F)F)nn3c2C)c(OC)c1. The Balaban J connectivity index is 1.54. The number of aromatic nitrogens is 4. The van der Waals surface area contributed by atoms with Crippen LogP contribution < -0.4 is 9.47 Å². The van der Waals surface area contributed by atoms with Crippen LogP contribution in [0.3, 0.4) is 0 Å². The minimum Gasteiger partial charge on any atom is -0.497 e. The summed E-state index contributed by atoms with van der Waals surface area (Å²) >= 11 is 0. The molecule has 3 heterocycles. The van der Waals surface area contributed by atoms with Gasteiger partial charge in [-0.15, -0.1) is 5.10 Å². The Labute approximate surface area is 194 Å². The second-order valence-corrected chi connectivity index (χ2v) is 8.26. The molecule has 4 rings (SSSR count). The maximum Gasteiger partial charge on any atom is 0.453 e. The summed E-state index contributed by atoms with van der Waals surface area (Å²) in [5.74, 6) is -0.0364. The number of ether oxygens (including phenoxy) is 2. The van der Waals surface area contributed by atoms with Gasteiger partial charge in [0.15, 0.2) is 0 Å². The van der Waals surface area contributed by atoms with Gasteiger partial charge in [-0.3, -0.25) is 4.79 Å². The lowest BCUT2D eigenvalue weighted by molar-refractivity contribution is -0.144. The van der Waals surface area contributed by atoms with E-state index in [1.54, 1.807) is 34.1 Å². The molecule has 0 bridgehead atoms. The molecule has 1 aromatic carbocycles. The van der Waals surface area contributed by atoms with E-state index >= 15 is 0 Å². The van der Waals surface area contributed by atoms with Crippen molar-refractivity contribution in [3.05, 3.63) is 46.5 Å². The van der Waals surface area contributed by atoms with Gasteiger partial charge in [0.05, 0.1) is 20.3 Å². The maximum atomic E-state index is 13.2. The van der Waals surface area contributed by atoms with Gasteiger partial charge in [0.1, 0.15) is 11.5 Å². The average Bonchev–Trinajstić information content (AvgIpc) is 3.45. The van der Waals surface area contributed by atoms with Crippen molar-refractivity contribution in [1.29, 1.82) is 0 Å². The van der Waals surface area contributed by atoms with Crippen molar-refractivity contribution in [3.8, 4) is 11.5 Å². The van der Waals surface area contributed by atoms with Crippen molar-refractivity contribution in [2.75, 3.05) is 20.8 Å². The molecule has 1 aliphatic heterocycles. The quantitative estimate of drug-likeness (QED) is 0.532. The number of rotatable bonds is 6. The van der Waals surface area contributed by atoms with Gasteiger partial charge in [-0.25, -0.2) is 9.50 Å². The average molecular weight is 477 g/mol. The van der Waals surface area contributed by atoms with Crippen LogP contribution in [0.15, 0.2) is 18.2 Å². The zero-order valence-corrected chi connectivity index (χ0v) is 19.4. The summed E-state index contributed by atoms with van der Waals surface area (Å²) in [4.78, 5) is 22.7. The monoisotopic (exact) mass is 477 g/mol. The first kappa shape index (κ1) is 23.8. The zero-order valence-electron chi connectivity index (χ0n) is 19.4. The number of aryl methyl sites for hydroxylation is 2. The number of amides is 1. The Morgan fingerprint density at radius 2 is 1.94 bits per heavy atom. The molecule has 34 heavy (non-hydrogen) atoms. The fraction of sp³-hybridized carbons (Fsp3) is 0.478. The lowest BCUT2D eigenvalue weighted by Gasteiger charge is -2.27. The van der Waals surface area contributed by atoms with Crippen molar-refractivity contribution in [2.45, 2.75) is 51.7 Å². The Morgan fingerprint density at radius 3 is 2.62 bits per heavy atom. The van der Waals surface area contributed by atoms with Crippen LogP contribution in [-0.2, 0) is 17.4 Å². The van der Waals surface area contributed by atoms with Crippen molar-refractivity contribution < 1.29 is 27.4 Å². The molecule has 3 aromatic rings. The molecule has 1 atom stereocenters. The Kier molecular flexibility index (Phi) is 6.37. The molecule has 11 heteroatoms. The summed E-state index contributed by atoms with van der Waals surface area (Å²) in [6.07, 6.45) is -2.43. The number of benzene rings is 1. The Morgan fingerprint density at radius 1 is 1.18 bits per heavy atom. The molecule has 1 fully saturated rings. The van der Waals surface area contributed by atoms with Gasteiger partial charge in [0.25, 0.3) is 11.6 Å². The second-order valence-electron chi connectivity index (χ2n) is 8.26. The number of halogens is 3. The maximum absolute atomic E-state index is 13.2. The van der Waals surface area contributed by atoms with Crippen LogP contribution in [0.25, 0.3) is 5.78 Å². The third-order valence-electron chi connectivity index (χ3n) is 6.26. The van der Waals surface area contributed by atoms with Crippen LogP contribution in [-0.4, -0.2) is 51.2 Å². The van der Waals surface area contributed by atoms with Gasteiger partial charge < -0.3 is 14.4 Å². The molecular weight excluding hydrogens is 451 g/mol. The van der Waals surface area contributed by atoms with Crippen LogP contribution in [0.1, 0.15) is 53.6 Å². The highest BCUT2D eigenvalue weighted by atomic mass is 19.4. The van der Waals surface area contributed by atoms with Crippen LogP contribution >= 0.6 is 0 Å². The largest absolute Gasteiger partial charge is 0.497 e. The van der Waals surface area contributed by atoms with E-state index in [0.29, 0.717) is 41.4 Å². The predicted molar refractivity (Wildman–Crippen MR) is 117 cm³/mol. The van der Waals surface area contributed by atoms with Crippen LogP contribution in [0.5, 0.6) is 11.5 Å². The number of nitrogens with zero attached hydrogens (tertiary/aromatic N) is 5. The highest BCUT2D eigenvalue weighted by Crippen LogP contribution is 2.39. The zero-order chi connectivity index (χ0) is 24.6. The minimum absolute atomic E-state index is 0.0335. The van der Waals surface area contributed by atoms with Crippen molar-refractivity contribution in [1.82, 2.24) is 24.5 Å². The molecular formula is C23H26F3N5O3. The molecule has 182 valence electrons. The first-order valence-electron chi connectivity index (χ1n) is 11.0. The highest BCUT2D eigenvalue weighted by molar-refractivity contribution is 5.77. The minimum atomic E-state index is -4.66. The molecule has 0 unspecified atom stereocenters. The van der Waals surface area contributed by atoms with Gasteiger partial charge in [0, 0.05) is 36.0 Å². The molecule has 2 aromatic heterocycles. The summed E-state index contributed by atoms with van der Waals surface area (Å²) < 4.78 is 51.0. The second kappa shape index (κ2) is 9.11. The van der Waals surface area contributed by atoms with Gasteiger partial charge in [-0.1, -0.05) is 0 Å². The van der Waals surface area contributed by atoms with E-state index in [1.807, 2.05) is 17.0 Å². The number of hydrogen-bond acceptors (Lipinski definition) is 6. The topological polar surface area (TPSA) is 81.9 Å². The highest BCUT2D eigenvalue weighted by Gasteiger charge is 2.37. The van der Waals surface area contributed by atoms with Crippen LogP contribution in [0, 0.1) is 13.8 Å². The van der Waals surface area contributed by atoms with Crippen molar-refractivity contribution in [2.24, 2.45) is 0 Å². The van der Waals surface area contributed by atoms with E-state index < -0.39 is 12.0 Å². The fourth-order valence-electron chi connectivity index (χ4n) is 4.55. The van der Waals surface area contributed by atoms with E-state index in [9.17, 15) is 18.0 Å². The summed E-state index contributed by atoms with van der Waals surface area (Å²) in [6.45, 7) is 4.00. The van der Waals surface area contributed by atoms with E-state index in [1.165, 1.54) is 0 Å². The molecule has 0 aliphatic carbocycles. The number of methoxy groups -OCH3 is 2. The lowest BCUT2D eigenvalue weighted by Crippen LogP contribution is -2.31. The summed E-state index contributed by atoms with van der Waals surface area (Å²) in [5, 5.41) is 3.57. The normalized spacial score (nSPS) is 16.3. The molecule has 0 spiro atoms. The number of fused-ring (bicyclic) bond motifs is 1. The molecule has 8 nitrogen and oxygen atoms in total. The number of carbonyl (C=O) groups excluding carboxylic acids is 1. The van der Waals surface area contributed by atoms with Gasteiger partial charge in [-0.2, -0.15) is 18.2 Å². The third kappa shape index (κ3) is 4.38. The fourth-order valence-corrected chi connectivity index (χ4v) is 4.55. The van der Waals surface area contributed by atoms with Gasteiger partial charge in [0.2, 0.25) is 5.91 Å². The summed E-state index contributed by atoms with van der Waals surface area (Å²) in [7, 11) is 3.17. The molecule has 0 saturated carbocycles. The van der Waals surface area contributed by atoms with E-state index in [-0.39, 0.29) is 24.1 Å². The molecule has 1 amide bonds. The molecule has 0 radical (unpaired) electrons. The standard InChI is InChI=1S/C23H26F3N5O3/c1-13-16(14(2)31-22(27-13)28-21(29-31)23(24,25)26)9-10-20(32)30-11-5-6-18(30)17-8-7-15(33-3)12-19(17)34-4/h7-8,12,18H,5-6,9-11H2,1-4H3/t18-/m1/s1. The summed E-state index contributed by atoms with van der Waals surface area (Å²) in [5.41, 5.74) is 2.64. The number of hydrogen-bond donors (Lipinski definition) is 0. The first-order chi connectivity index (χ1) is 16.1. The number of likely N-dealkylation sites (tertiary alicyclic amines) is 1. The third-order valence-corrected chi connectivity index (χ3v) is 6.26. The van der Waals surface area contributed by atoms with Gasteiger partial charge in [-0.05, 0) is 50.8 Å². The molecule has 1 aliphatic rings. The van der Waals surface area contributed by atoms with Crippen LogP contribution in [0.2, 0.25) is 0 Å². The summed E-state index contributed by atoms with van der Waals surface area (Å²) in [6, 6.07) is 5.46. The molecule has 0 N–H and O–H groups in total. The Hall–Kier alpha value is -3.37. The van der Waals surface area contributed by atoms with Crippen LogP contribution in [0.4, 0.5) is 13.2 Å². The van der Waals surface area contributed by atoms with E-state index in [0.717, 1.165) is 22.9 Å². The number of alkyl halides is 3. The Bertz CT molecular complexity index is 1220. The van der Waals surface area contributed by atoms with E-state index in [4.69, 9.17) is 9.47 Å². The lowest BCUT2D eigenvalue weighted by atomic mass is 10.0. The van der Waals surface area contributed by atoms with Crippen molar-refractivity contribution >= 4 is 11.7 Å². The number of carbonyl (C=O) groups is 1. The first-order valence-corrected chi connectivity index (χ1v) is 11.0. The predicted octanol–water partition coefficient (Wildman–Crippen LogP) is 4.07.